The van der Waals surface area contributed by atoms with Gasteiger partial charge in [-0.2, -0.15) is 0 Å². The van der Waals surface area contributed by atoms with Crippen molar-refractivity contribution in [2.75, 3.05) is 19.8 Å². The first-order chi connectivity index (χ1) is 9.22. The van der Waals surface area contributed by atoms with Gasteiger partial charge in [0.15, 0.2) is 0 Å². The SMILES string of the molecule is CC(C)Cc1nc2ccc(C3COCCN3)cc2[nH]1. The van der Waals surface area contributed by atoms with Crippen molar-refractivity contribution in [3.63, 3.8) is 0 Å². The summed E-state index contributed by atoms with van der Waals surface area (Å²) in [6.45, 7) is 6.90. The van der Waals surface area contributed by atoms with Crippen LogP contribution in [0.4, 0.5) is 0 Å². The third-order valence-electron chi connectivity index (χ3n) is 3.48. The minimum Gasteiger partial charge on any atom is -0.378 e. The van der Waals surface area contributed by atoms with E-state index in [2.05, 4.69) is 47.3 Å². The molecule has 0 saturated carbocycles. The van der Waals surface area contributed by atoms with Gasteiger partial charge in [-0.05, 0) is 23.6 Å². The average molecular weight is 259 g/mol. The summed E-state index contributed by atoms with van der Waals surface area (Å²) in [6.07, 6.45) is 0.995. The van der Waals surface area contributed by atoms with Crippen LogP contribution in [0.5, 0.6) is 0 Å². The number of nitrogens with one attached hydrogen (secondary N) is 2. The standard InChI is InChI=1S/C15H21N3O/c1-10(2)7-15-17-12-4-3-11(8-13(12)18-15)14-9-19-6-5-16-14/h3-4,8,10,14,16H,5-7,9H2,1-2H3,(H,17,18). The molecule has 1 fully saturated rings. The summed E-state index contributed by atoms with van der Waals surface area (Å²) in [5.74, 6) is 1.70. The predicted octanol–water partition coefficient (Wildman–Crippen LogP) is 2.42. The molecule has 1 saturated heterocycles. The molecular formula is C15H21N3O. The van der Waals surface area contributed by atoms with Crippen LogP contribution in [0.25, 0.3) is 11.0 Å². The zero-order valence-electron chi connectivity index (χ0n) is 11.6. The van der Waals surface area contributed by atoms with Gasteiger partial charge in [0.1, 0.15) is 5.82 Å². The molecule has 1 aromatic heterocycles. The highest BCUT2D eigenvalue weighted by Gasteiger charge is 2.16. The summed E-state index contributed by atoms with van der Waals surface area (Å²) >= 11 is 0. The second-order valence-electron chi connectivity index (χ2n) is 5.64. The molecule has 1 unspecified atom stereocenters. The van der Waals surface area contributed by atoms with Gasteiger partial charge in [0.2, 0.25) is 0 Å². The van der Waals surface area contributed by atoms with E-state index in [0.29, 0.717) is 12.0 Å². The summed E-state index contributed by atoms with van der Waals surface area (Å²) in [5, 5.41) is 3.48. The molecule has 0 spiro atoms. The van der Waals surface area contributed by atoms with E-state index in [1.807, 2.05) is 0 Å². The number of hydrogen-bond donors (Lipinski definition) is 2. The lowest BCUT2D eigenvalue weighted by molar-refractivity contribution is 0.0769. The third kappa shape index (κ3) is 2.80. The topological polar surface area (TPSA) is 49.9 Å². The Morgan fingerprint density at radius 2 is 2.32 bits per heavy atom. The van der Waals surface area contributed by atoms with Crippen LogP contribution in [0.15, 0.2) is 18.2 Å². The Balaban J connectivity index is 1.87. The number of H-pyrrole nitrogens is 1. The minimum atomic E-state index is 0.301. The molecular weight excluding hydrogens is 238 g/mol. The maximum atomic E-state index is 5.52. The maximum absolute atomic E-state index is 5.52. The number of imidazole rings is 1. The number of morpholine rings is 1. The Morgan fingerprint density at radius 3 is 3.05 bits per heavy atom. The molecule has 19 heavy (non-hydrogen) atoms. The van der Waals surface area contributed by atoms with E-state index in [4.69, 9.17) is 4.74 Å². The molecule has 4 heteroatoms. The summed E-state index contributed by atoms with van der Waals surface area (Å²) in [7, 11) is 0. The molecule has 1 aliphatic heterocycles. The van der Waals surface area contributed by atoms with Gasteiger partial charge in [-0.25, -0.2) is 4.98 Å². The van der Waals surface area contributed by atoms with E-state index in [9.17, 15) is 0 Å². The van der Waals surface area contributed by atoms with Crippen LogP contribution >= 0.6 is 0 Å². The predicted molar refractivity (Wildman–Crippen MR) is 76.2 cm³/mol. The van der Waals surface area contributed by atoms with Gasteiger partial charge in [0.05, 0.1) is 30.3 Å². The smallest absolute Gasteiger partial charge is 0.107 e. The van der Waals surface area contributed by atoms with Crippen molar-refractivity contribution in [1.29, 1.82) is 0 Å². The summed E-state index contributed by atoms with van der Waals surface area (Å²) in [5.41, 5.74) is 3.45. The Kier molecular flexibility index (Phi) is 3.53. The van der Waals surface area contributed by atoms with Gasteiger partial charge in [0.25, 0.3) is 0 Å². The second-order valence-corrected chi connectivity index (χ2v) is 5.64. The lowest BCUT2D eigenvalue weighted by atomic mass is 10.1. The highest BCUT2D eigenvalue weighted by molar-refractivity contribution is 5.76. The molecule has 0 bridgehead atoms. The minimum absolute atomic E-state index is 0.301. The van der Waals surface area contributed by atoms with Crippen LogP contribution < -0.4 is 5.32 Å². The van der Waals surface area contributed by atoms with Crippen molar-refractivity contribution in [1.82, 2.24) is 15.3 Å². The quantitative estimate of drug-likeness (QED) is 0.890. The molecule has 1 atom stereocenters. The fourth-order valence-corrected chi connectivity index (χ4v) is 2.56. The number of benzene rings is 1. The molecule has 0 aliphatic carbocycles. The van der Waals surface area contributed by atoms with Crippen molar-refractivity contribution in [3.05, 3.63) is 29.6 Å². The van der Waals surface area contributed by atoms with E-state index in [1.165, 1.54) is 5.56 Å². The number of hydrogen-bond acceptors (Lipinski definition) is 3. The highest BCUT2D eigenvalue weighted by atomic mass is 16.5. The van der Waals surface area contributed by atoms with E-state index in [0.717, 1.165) is 43.0 Å². The van der Waals surface area contributed by atoms with Crippen LogP contribution in [-0.2, 0) is 11.2 Å². The van der Waals surface area contributed by atoms with Crippen LogP contribution in [0.2, 0.25) is 0 Å². The van der Waals surface area contributed by atoms with Crippen LogP contribution in [0, 0.1) is 5.92 Å². The molecule has 2 N–H and O–H groups in total. The van der Waals surface area contributed by atoms with Crippen molar-refractivity contribution < 1.29 is 4.74 Å². The summed E-state index contributed by atoms with van der Waals surface area (Å²) < 4.78 is 5.52. The molecule has 0 amide bonds. The Bertz CT molecular complexity index is 556. The molecule has 102 valence electrons. The molecule has 4 nitrogen and oxygen atoms in total. The summed E-state index contributed by atoms with van der Waals surface area (Å²) in [4.78, 5) is 8.06. The van der Waals surface area contributed by atoms with E-state index in [1.54, 1.807) is 0 Å². The number of fused-ring (bicyclic) bond motifs is 1. The van der Waals surface area contributed by atoms with E-state index >= 15 is 0 Å². The van der Waals surface area contributed by atoms with Crippen molar-refractivity contribution >= 4 is 11.0 Å². The molecule has 1 aromatic carbocycles. The zero-order valence-corrected chi connectivity index (χ0v) is 11.6. The first kappa shape index (κ1) is 12.6. The van der Waals surface area contributed by atoms with Crippen LogP contribution in [0.1, 0.15) is 31.3 Å². The molecule has 2 aromatic rings. The Labute approximate surface area is 113 Å². The van der Waals surface area contributed by atoms with Gasteiger partial charge in [0, 0.05) is 13.0 Å². The van der Waals surface area contributed by atoms with Gasteiger partial charge in [-0.3, -0.25) is 0 Å². The van der Waals surface area contributed by atoms with Crippen LogP contribution in [0.3, 0.4) is 0 Å². The van der Waals surface area contributed by atoms with Crippen LogP contribution in [-0.4, -0.2) is 29.7 Å². The lowest BCUT2D eigenvalue weighted by Crippen LogP contribution is -2.34. The molecule has 0 radical (unpaired) electrons. The summed E-state index contributed by atoms with van der Waals surface area (Å²) in [6, 6.07) is 6.74. The first-order valence-electron chi connectivity index (χ1n) is 7.02. The number of rotatable bonds is 3. The number of aromatic nitrogens is 2. The van der Waals surface area contributed by atoms with E-state index in [-0.39, 0.29) is 0 Å². The number of aromatic amines is 1. The van der Waals surface area contributed by atoms with Gasteiger partial charge >= 0.3 is 0 Å². The van der Waals surface area contributed by atoms with Crippen molar-refractivity contribution in [2.45, 2.75) is 26.3 Å². The Morgan fingerprint density at radius 1 is 1.42 bits per heavy atom. The number of nitrogens with zero attached hydrogens (tertiary/aromatic N) is 1. The first-order valence-corrected chi connectivity index (χ1v) is 7.02. The third-order valence-corrected chi connectivity index (χ3v) is 3.48. The lowest BCUT2D eigenvalue weighted by Gasteiger charge is -2.24. The van der Waals surface area contributed by atoms with Gasteiger partial charge in [-0.15, -0.1) is 0 Å². The maximum Gasteiger partial charge on any atom is 0.107 e. The average Bonchev–Trinajstić information content (AvgIpc) is 2.79. The highest BCUT2D eigenvalue weighted by Crippen LogP contribution is 2.21. The monoisotopic (exact) mass is 259 g/mol. The fourth-order valence-electron chi connectivity index (χ4n) is 2.56. The fraction of sp³-hybridized carbons (Fsp3) is 0.533. The van der Waals surface area contributed by atoms with Crippen molar-refractivity contribution in [2.24, 2.45) is 5.92 Å². The normalized spacial score (nSPS) is 20.3. The van der Waals surface area contributed by atoms with Gasteiger partial charge in [-0.1, -0.05) is 19.9 Å². The number of ether oxygens (including phenoxy) is 1. The Hall–Kier alpha value is -1.39. The second kappa shape index (κ2) is 5.31. The van der Waals surface area contributed by atoms with E-state index < -0.39 is 0 Å². The van der Waals surface area contributed by atoms with Crippen molar-refractivity contribution in [3.8, 4) is 0 Å². The zero-order chi connectivity index (χ0) is 13.2. The van der Waals surface area contributed by atoms with Gasteiger partial charge < -0.3 is 15.0 Å². The molecule has 1 aliphatic rings. The molecule has 2 heterocycles. The molecule has 3 rings (SSSR count). The largest absolute Gasteiger partial charge is 0.378 e.